The van der Waals surface area contributed by atoms with Gasteiger partial charge in [-0.15, -0.1) is 0 Å². The van der Waals surface area contributed by atoms with Crippen LogP contribution < -0.4 is 23.3 Å². The summed E-state index contributed by atoms with van der Waals surface area (Å²) in [7, 11) is 5.00. The zero-order valence-corrected chi connectivity index (χ0v) is 28.9. The van der Waals surface area contributed by atoms with E-state index >= 15 is 0 Å². The summed E-state index contributed by atoms with van der Waals surface area (Å²) >= 11 is 0. The first kappa shape index (κ1) is 52.2. The molecule has 0 amide bonds. The number of hydrogen-bond donors (Lipinski definition) is 12. The smallest absolute Gasteiger partial charge is 0.308 e. The lowest BCUT2D eigenvalue weighted by molar-refractivity contribution is -0.318. The van der Waals surface area contributed by atoms with Gasteiger partial charge < -0.3 is 51.8 Å². The fraction of sp³-hybridized carbons (Fsp3) is 0.857. The highest BCUT2D eigenvalue weighted by atomic mass is 17.1. The fourth-order valence-electron chi connectivity index (χ4n) is 6.52. The van der Waals surface area contributed by atoms with Crippen LogP contribution in [-0.2, 0) is 38.6 Å². The second-order valence-corrected chi connectivity index (χ2v) is 10.6. The Morgan fingerprint density at radius 2 is 0.812 bits per heavy atom. The lowest BCUT2D eigenvalue weighted by Gasteiger charge is -2.49. The molecule has 12 atom stereocenters. The van der Waals surface area contributed by atoms with Crippen molar-refractivity contribution in [3.63, 3.8) is 0 Å². The molecule has 2 saturated carbocycles. The van der Waals surface area contributed by atoms with Crippen molar-refractivity contribution in [2.24, 2.45) is 70.6 Å². The molecule has 0 spiro atoms. The van der Waals surface area contributed by atoms with E-state index in [2.05, 4.69) is 21.2 Å². The first-order valence-electron chi connectivity index (χ1n) is 15.0. The van der Waals surface area contributed by atoms with Gasteiger partial charge in [-0.2, -0.15) is 0 Å². The van der Waals surface area contributed by atoms with Gasteiger partial charge in [-0.25, -0.2) is 21.6 Å². The number of carbonyl (C=O) groups is 4. The van der Waals surface area contributed by atoms with Crippen molar-refractivity contribution >= 4 is 23.9 Å². The number of aliphatic hydroxyl groups is 2. The third-order valence-corrected chi connectivity index (χ3v) is 8.57. The van der Waals surface area contributed by atoms with Gasteiger partial charge in [0.05, 0.1) is 48.1 Å². The highest BCUT2D eigenvalue weighted by Gasteiger charge is 2.52. The van der Waals surface area contributed by atoms with Gasteiger partial charge in [-0.1, -0.05) is 0 Å². The highest BCUT2D eigenvalue weighted by Crippen LogP contribution is 2.47. The molecule has 0 saturated heterocycles. The van der Waals surface area contributed by atoms with Crippen LogP contribution in [-0.4, -0.2) is 118 Å². The van der Waals surface area contributed by atoms with Gasteiger partial charge in [0.25, 0.3) is 0 Å². The molecule has 0 heterocycles. The van der Waals surface area contributed by atoms with Crippen LogP contribution in [0.2, 0.25) is 0 Å². The molecule has 0 aromatic carbocycles. The molecule has 2 aliphatic carbocycles. The molecular formula is C28H60N4O16. The molecule has 48 heavy (non-hydrogen) atoms. The Labute approximate surface area is 280 Å². The summed E-state index contributed by atoms with van der Waals surface area (Å²) in [4.78, 5) is 63.1. The Bertz CT molecular complexity index is 805. The third-order valence-electron chi connectivity index (χ3n) is 8.57. The average Bonchev–Trinajstić information content (AvgIpc) is 3.12. The number of carboxylic acid groups (broad SMARTS) is 4. The zero-order valence-electron chi connectivity index (χ0n) is 28.9. The quantitative estimate of drug-likeness (QED) is 0.0898. The second-order valence-electron chi connectivity index (χ2n) is 10.6. The van der Waals surface area contributed by atoms with Crippen LogP contribution in [0.5, 0.6) is 0 Å². The molecule has 288 valence electrons. The zero-order chi connectivity index (χ0) is 38.9. The minimum atomic E-state index is -1.73. The molecule has 0 aliphatic heterocycles. The van der Waals surface area contributed by atoms with Gasteiger partial charge in [0, 0.05) is 14.2 Å². The number of nitrogens with two attached hydrogens (primary N) is 4. The van der Waals surface area contributed by atoms with Crippen LogP contribution in [0.1, 0.15) is 53.4 Å². The van der Waals surface area contributed by atoms with Gasteiger partial charge in [0.1, 0.15) is 0 Å². The molecule has 0 bridgehead atoms. The second kappa shape index (κ2) is 29.3. The van der Waals surface area contributed by atoms with E-state index in [1.807, 2.05) is 13.8 Å². The standard InChI is InChI=1S/C14H30N2O6.C10H12O8.2CH5N.2CH4O/c1-7(19-15)11-5-6-12(8(2)21-17)13(9(3)20-16)14(11)10(4)22-18;11-7(12)3-1-2-4(8(13)14)6(10(17)18)5(3)9(15)16;4*1-2/h7-14,17-18H,5-6,15-16H2,1-4H3;3-6H,1-2H2,(H,11,12)(H,13,14)(H,15,16)(H,17,18);2*2H2,1H3;2*2H,1H3. The van der Waals surface area contributed by atoms with E-state index in [1.165, 1.54) is 14.1 Å². The highest BCUT2D eigenvalue weighted by molar-refractivity contribution is 5.89. The van der Waals surface area contributed by atoms with Crippen molar-refractivity contribution in [3.8, 4) is 0 Å². The predicted molar refractivity (Wildman–Crippen MR) is 169 cm³/mol. The van der Waals surface area contributed by atoms with Gasteiger partial charge in [-0.3, -0.25) is 29.7 Å². The maximum atomic E-state index is 11.0. The maximum Gasteiger partial charge on any atom is 0.308 e. The Balaban J connectivity index is -0.000000337. The first-order chi connectivity index (χ1) is 22.7. The first-order valence-corrected chi connectivity index (χ1v) is 15.0. The lowest BCUT2D eigenvalue weighted by Crippen LogP contribution is -2.52. The van der Waals surface area contributed by atoms with Crippen LogP contribution in [0.25, 0.3) is 0 Å². The van der Waals surface area contributed by atoms with Crippen molar-refractivity contribution in [2.45, 2.75) is 77.8 Å². The molecule has 20 nitrogen and oxygen atoms in total. The van der Waals surface area contributed by atoms with E-state index in [9.17, 15) is 24.4 Å². The number of carboxylic acids is 4. The topological polar surface area (TPSA) is 371 Å². The van der Waals surface area contributed by atoms with Crippen molar-refractivity contribution in [1.29, 1.82) is 0 Å². The summed E-state index contributed by atoms with van der Waals surface area (Å²) in [6.07, 6.45) is -0.0694. The largest absolute Gasteiger partial charge is 0.481 e. The van der Waals surface area contributed by atoms with E-state index < -0.39 is 53.7 Å². The predicted octanol–water partition coefficient (Wildman–Crippen LogP) is -0.491. The van der Waals surface area contributed by atoms with E-state index in [0.717, 1.165) is 27.1 Å². The Morgan fingerprint density at radius 1 is 0.521 bits per heavy atom. The molecule has 2 fully saturated rings. The van der Waals surface area contributed by atoms with Crippen LogP contribution in [0.4, 0.5) is 0 Å². The molecule has 2 rings (SSSR count). The van der Waals surface area contributed by atoms with Crippen LogP contribution in [0, 0.1) is 47.3 Å². The summed E-state index contributed by atoms with van der Waals surface area (Å²) in [5.41, 5.74) is 9.00. The fourth-order valence-corrected chi connectivity index (χ4v) is 6.52. The van der Waals surface area contributed by atoms with Crippen LogP contribution in [0.3, 0.4) is 0 Å². The van der Waals surface area contributed by atoms with Crippen molar-refractivity contribution in [3.05, 3.63) is 0 Å². The Kier molecular flexibility index (Phi) is 31.9. The van der Waals surface area contributed by atoms with Gasteiger partial charge in [-0.05, 0) is 91.1 Å². The Hall–Kier alpha value is -2.60. The minimum absolute atomic E-state index is 0.00683. The number of aliphatic carboxylic acids is 4. The molecule has 0 aromatic rings. The van der Waals surface area contributed by atoms with Crippen LogP contribution >= 0.6 is 0 Å². The molecule has 16 N–H and O–H groups in total. The van der Waals surface area contributed by atoms with Crippen LogP contribution in [0.15, 0.2) is 0 Å². The molecule has 0 aromatic heterocycles. The normalized spacial score (nSPS) is 28.3. The number of hydrogen-bond acceptors (Lipinski definition) is 16. The SMILES string of the molecule is CC(OO)C1CCC(C(C)ON)C(C(C)OO)C1C(C)ON.CN.CN.CO.CO.O=C(O)C1CCC(C(=O)O)C(C(=O)O)C1C(=O)O. The van der Waals surface area contributed by atoms with E-state index in [0.29, 0.717) is 0 Å². The summed E-state index contributed by atoms with van der Waals surface area (Å²) in [5.74, 6) is -1.61. The van der Waals surface area contributed by atoms with Gasteiger partial charge >= 0.3 is 23.9 Å². The monoisotopic (exact) mass is 708 g/mol. The summed E-state index contributed by atoms with van der Waals surface area (Å²) in [5, 5.41) is 67.9. The van der Waals surface area contributed by atoms with Crippen molar-refractivity contribution < 1.29 is 79.8 Å². The number of rotatable bonds is 12. The van der Waals surface area contributed by atoms with E-state index in [1.54, 1.807) is 13.8 Å². The van der Waals surface area contributed by atoms with Gasteiger partial charge in [0.15, 0.2) is 0 Å². The third kappa shape index (κ3) is 15.3. The molecule has 0 radical (unpaired) electrons. The Morgan fingerprint density at radius 3 is 1.06 bits per heavy atom. The summed E-state index contributed by atoms with van der Waals surface area (Å²) in [6.45, 7) is 7.32. The maximum absolute atomic E-state index is 11.0. The molecular weight excluding hydrogens is 648 g/mol. The lowest BCUT2D eigenvalue weighted by atomic mass is 9.60. The summed E-state index contributed by atoms with van der Waals surface area (Å²) in [6, 6.07) is 0. The minimum Gasteiger partial charge on any atom is -0.481 e. The molecule has 20 heteroatoms. The van der Waals surface area contributed by atoms with Crippen molar-refractivity contribution in [1.82, 2.24) is 0 Å². The number of aliphatic hydroxyl groups excluding tert-OH is 2. The molecule has 2 aliphatic rings. The van der Waals surface area contributed by atoms with E-state index in [4.69, 9.17) is 57.4 Å². The van der Waals surface area contributed by atoms with Crippen molar-refractivity contribution in [2.75, 3.05) is 28.3 Å². The summed E-state index contributed by atoms with van der Waals surface area (Å²) < 4.78 is 0. The average molecular weight is 709 g/mol. The molecule has 12 unspecified atom stereocenters. The van der Waals surface area contributed by atoms with E-state index in [-0.39, 0.29) is 54.8 Å². The van der Waals surface area contributed by atoms with Gasteiger partial charge in [0.2, 0.25) is 0 Å².